The number of nitrogens with one attached hydrogen (secondary N) is 1. The highest BCUT2D eigenvalue weighted by Gasteiger charge is 2.21. The summed E-state index contributed by atoms with van der Waals surface area (Å²) in [5.41, 5.74) is 2.08. The zero-order valence-corrected chi connectivity index (χ0v) is 18.3. The number of likely N-dealkylation sites (N-methyl/N-ethyl adjacent to an activating group) is 1. The molecule has 0 unspecified atom stereocenters. The number of rotatable bonds is 6. The van der Waals surface area contributed by atoms with E-state index in [1.807, 2.05) is 57.4 Å². The van der Waals surface area contributed by atoms with Gasteiger partial charge in [0.1, 0.15) is 5.75 Å². The van der Waals surface area contributed by atoms with Gasteiger partial charge < -0.3 is 15.0 Å². The lowest BCUT2D eigenvalue weighted by Crippen LogP contribution is -2.34. The first-order chi connectivity index (χ1) is 12.9. The molecule has 0 spiro atoms. The zero-order chi connectivity index (χ0) is 19.6. The molecule has 0 aliphatic rings. The van der Waals surface area contributed by atoms with Gasteiger partial charge in [0.2, 0.25) is 0 Å². The van der Waals surface area contributed by atoms with E-state index in [0.29, 0.717) is 6.54 Å². The van der Waals surface area contributed by atoms with Crippen LogP contribution in [0.5, 0.6) is 5.75 Å². The minimum atomic E-state index is -0.0356. The predicted molar refractivity (Wildman–Crippen MR) is 116 cm³/mol. The molecule has 0 saturated heterocycles. The van der Waals surface area contributed by atoms with E-state index in [0.717, 1.165) is 36.3 Å². The number of methoxy groups -OCH3 is 1. The van der Waals surface area contributed by atoms with Crippen LogP contribution in [-0.4, -0.2) is 38.6 Å². The molecule has 3 aromatic rings. The highest BCUT2D eigenvalue weighted by atomic mass is 79.9. The molecule has 0 saturated carbocycles. The number of para-hydroxylation sites is 1. The Kier molecular flexibility index (Phi) is 6.19. The summed E-state index contributed by atoms with van der Waals surface area (Å²) in [5, 5.41) is 4.23. The van der Waals surface area contributed by atoms with Gasteiger partial charge in [0.25, 0.3) is 5.91 Å². The maximum atomic E-state index is 12.9. The number of aryl methyl sites for hydroxylation is 1. The van der Waals surface area contributed by atoms with Crippen molar-refractivity contribution in [3.63, 3.8) is 0 Å². The van der Waals surface area contributed by atoms with Gasteiger partial charge in [-0.25, -0.2) is 0 Å². The van der Waals surface area contributed by atoms with Crippen molar-refractivity contribution in [1.29, 1.82) is 0 Å². The number of hydrogen-bond acceptors (Lipinski definition) is 4. The number of carbonyl (C=O) groups excluding carboxylic acids is 1. The second-order valence-electron chi connectivity index (χ2n) is 6.63. The Hall–Kier alpha value is -1.89. The van der Waals surface area contributed by atoms with Gasteiger partial charge in [-0.2, -0.15) is 0 Å². The third-order valence-corrected chi connectivity index (χ3v) is 6.45. The molecule has 1 aromatic heterocycles. The monoisotopic (exact) mass is 446 g/mol. The Bertz CT molecular complexity index is 968. The molecular formula is C21H23BrN2O2S. The highest BCUT2D eigenvalue weighted by Crippen LogP contribution is 2.33. The van der Waals surface area contributed by atoms with Gasteiger partial charge in [-0.3, -0.25) is 4.79 Å². The maximum absolute atomic E-state index is 12.9. The van der Waals surface area contributed by atoms with Crippen LogP contribution in [0.25, 0.3) is 10.1 Å². The van der Waals surface area contributed by atoms with Crippen molar-refractivity contribution >= 4 is 43.3 Å². The van der Waals surface area contributed by atoms with E-state index >= 15 is 0 Å². The van der Waals surface area contributed by atoms with E-state index in [2.05, 4.69) is 32.2 Å². The molecule has 2 aromatic carbocycles. The normalized spacial score (nSPS) is 12.4. The van der Waals surface area contributed by atoms with E-state index in [9.17, 15) is 4.79 Å². The van der Waals surface area contributed by atoms with Gasteiger partial charge in [-0.15, -0.1) is 11.3 Å². The van der Waals surface area contributed by atoms with Crippen LogP contribution in [0.3, 0.4) is 0 Å². The second kappa shape index (κ2) is 8.42. The smallest absolute Gasteiger partial charge is 0.261 e. The quantitative estimate of drug-likeness (QED) is 0.578. The first-order valence-electron chi connectivity index (χ1n) is 8.68. The van der Waals surface area contributed by atoms with Crippen molar-refractivity contribution in [2.45, 2.75) is 13.0 Å². The number of benzene rings is 2. The lowest BCUT2D eigenvalue weighted by molar-refractivity contribution is 0.0945. The van der Waals surface area contributed by atoms with Gasteiger partial charge in [0.15, 0.2) is 0 Å². The molecule has 3 rings (SSSR count). The van der Waals surface area contributed by atoms with Crippen molar-refractivity contribution in [1.82, 2.24) is 10.2 Å². The minimum absolute atomic E-state index is 0.0222. The SMILES string of the molecule is COc1ccccc1[C@H](CNC(=O)c1sc2ccc(Br)cc2c1C)N(C)C. The van der Waals surface area contributed by atoms with Crippen molar-refractivity contribution in [3.8, 4) is 5.75 Å². The molecule has 6 heteroatoms. The minimum Gasteiger partial charge on any atom is -0.496 e. The fraction of sp³-hybridized carbons (Fsp3) is 0.286. The van der Waals surface area contributed by atoms with Crippen molar-refractivity contribution in [2.24, 2.45) is 0 Å². The standard InChI is InChI=1S/C21H23BrN2O2S/c1-13-16-11-14(22)9-10-19(16)27-20(13)21(25)23-12-17(24(2)3)15-7-5-6-8-18(15)26-4/h5-11,17H,12H2,1-4H3,(H,23,25)/t17-/m0/s1. The summed E-state index contributed by atoms with van der Waals surface area (Å²) in [5.74, 6) is 0.792. The van der Waals surface area contributed by atoms with E-state index < -0.39 is 0 Å². The Balaban J connectivity index is 1.82. The number of halogens is 1. The first kappa shape index (κ1) is 19.9. The number of nitrogens with zero attached hydrogens (tertiary/aromatic N) is 1. The van der Waals surface area contributed by atoms with Gasteiger partial charge >= 0.3 is 0 Å². The summed E-state index contributed by atoms with van der Waals surface area (Å²) in [6, 6.07) is 14.1. The third kappa shape index (κ3) is 4.18. The van der Waals surface area contributed by atoms with Gasteiger partial charge in [-0.05, 0) is 56.2 Å². The molecule has 0 aliphatic carbocycles. The van der Waals surface area contributed by atoms with Crippen LogP contribution >= 0.6 is 27.3 Å². The fourth-order valence-corrected chi connectivity index (χ4v) is 4.66. The molecule has 1 amide bonds. The highest BCUT2D eigenvalue weighted by molar-refractivity contribution is 9.10. The molecular weight excluding hydrogens is 424 g/mol. The molecule has 1 N–H and O–H groups in total. The Labute approximate surface area is 172 Å². The molecule has 0 bridgehead atoms. The van der Waals surface area contributed by atoms with Crippen LogP contribution in [0.1, 0.15) is 26.8 Å². The molecule has 27 heavy (non-hydrogen) atoms. The van der Waals surface area contributed by atoms with E-state index in [1.165, 1.54) is 11.3 Å². The lowest BCUT2D eigenvalue weighted by atomic mass is 10.0. The number of hydrogen-bond donors (Lipinski definition) is 1. The fourth-order valence-electron chi connectivity index (χ4n) is 3.19. The second-order valence-corrected chi connectivity index (χ2v) is 8.60. The van der Waals surface area contributed by atoms with Crippen molar-refractivity contribution < 1.29 is 9.53 Å². The average molecular weight is 447 g/mol. The molecule has 1 heterocycles. The molecule has 142 valence electrons. The van der Waals surface area contributed by atoms with Gasteiger partial charge in [-0.1, -0.05) is 34.1 Å². The van der Waals surface area contributed by atoms with Crippen LogP contribution in [0.2, 0.25) is 0 Å². The third-order valence-electron chi connectivity index (χ3n) is 4.68. The van der Waals surface area contributed by atoms with Crippen LogP contribution in [0, 0.1) is 6.92 Å². The van der Waals surface area contributed by atoms with Crippen LogP contribution in [-0.2, 0) is 0 Å². The van der Waals surface area contributed by atoms with Crippen LogP contribution in [0.15, 0.2) is 46.9 Å². The average Bonchev–Trinajstić information content (AvgIpc) is 2.98. The Morgan fingerprint density at radius 2 is 2.00 bits per heavy atom. The number of fused-ring (bicyclic) bond motifs is 1. The summed E-state index contributed by atoms with van der Waals surface area (Å²) in [6.07, 6.45) is 0. The summed E-state index contributed by atoms with van der Waals surface area (Å²) < 4.78 is 7.64. The van der Waals surface area contributed by atoms with Crippen molar-refractivity contribution in [3.05, 3.63) is 62.9 Å². The Morgan fingerprint density at radius 1 is 1.26 bits per heavy atom. The maximum Gasteiger partial charge on any atom is 0.261 e. The number of ether oxygens (including phenoxy) is 1. The largest absolute Gasteiger partial charge is 0.496 e. The van der Waals surface area contributed by atoms with E-state index in [1.54, 1.807) is 7.11 Å². The molecule has 0 fully saturated rings. The molecule has 1 atom stereocenters. The Morgan fingerprint density at radius 3 is 2.70 bits per heavy atom. The lowest BCUT2D eigenvalue weighted by Gasteiger charge is -2.26. The summed E-state index contributed by atoms with van der Waals surface area (Å²) >= 11 is 5.04. The number of carbonyl (C=O) groups is 1. The van der Waals surface area contributed by atoms with Crippen molar-refractivity contribution in [2.75, 3.05) is 27.7 Å². The molecule has 0 aliphatic heterocycles. The zero-order valence-electron chi connectivity index (χ0n) is 15.9. The molecule has 0 radical (unpaired) electrons. The van der Waals surface area contributed by atoms with Crippen LogP contribution in [0.4, 0.5) is 0 Å². The summed E-state index contributed by atoms with van der Waals surface area (Å²) in [7, 11) is 5.68. The molecule has 4 nitrogen and oxygen atoms in total. The first-order valence-corrected chi connectivity index (χ1v) is 10.3. The summed E-state index contributed by atoms with van der Waals surface area (Å²) in [4.78, 5) is 15.7. The van der Waals surface area contributed by atoms with E-state index in [4.69, 9.17) is 4.74 Å². The number of thiophene rings is 1. The predicted octanol–water partition coefficient (Wildman–Crippen LogP) is 5.01. The van der Waals surface area contributed by atoms with E-state index in [-0.39, 0.29) is 11.9 Å². The summed E-state index contributed by atoms with van der Waals surface area (Å²) in [6.45, 7) is 2.51. The van der Waals surface area contributed by atoms with Gasteiger partial charge in [0, 0.05) is 21.3 Å². The number of amides is 1. The van der Waals surface area contributed by atoms with Crippen LogP contribution < -0.4 is 10.1 Å². The topological polar surface area (TPSA) is 41.6 Å². The van der Waals surface area contributed by atoms with Gasteiger partial charge in [0.05, 0.1) is 18.0 Å².